The van der Waals surface area contributed by atoms with Crippen molar-refractivity contribution in [2.75, 3.05) is 19.0 Å². The van der Waals surface area contributed by atoms with Gasteiger partial charge in [-0.1, -0.05) is 11.6 Å². The van der Waals surface area contributed by atoms with Crippen LogP contribution < -0.4 is 25.7 Å². The fourth-order valence-electron chi connectivity index (χ4n) is 3.08. The first kappa shape index (κ1) is 25.4. The molecule has 0 radical (unpaired) electrons. The number of amides is 1. The van der Waals surface area contributed by atoms with Crippen molar-refractivity contribution in [1.82, 2.24) is 14.9 Å². The van der Waals surface area contributed by atoms with Crippen molar-refractivity contribution < 1.29 is 23.0 Å². The van der Waals surface area contributed by atoms with Crippen LogP contribution >= 0.6 is 11.6 Å². The summed E-state index contributed by atoms with van der Waals surface area (Å²) >= 11 is 6.00. The summed E-state index contributed by atoms with van der Waals surface area (Å²) in [5, 5.41) is 25.5. The maximum absolute atomic E-state index is 14.5. The van der Waals surface area contributed by atoms with Crippen LogP contribution in [0.1, 0.15) is 16.8 Å². The smallest absolute Gasteiger partial charge is 0.347 e. The topological polar surface area (TPSA) is 136 Å². The van der Waals surface area contributed by atoms with E-state index in [0.29, 0.717) is 16.9 Å². The van der Waals surface area contributed by atoms with E-state index in [9.17, 15) is 28.8 Å². The maximum atomic E-state index is 14.5. The van der Waals surface area contributed by atoms with Gasteiger partial charge in [0.15, 0.2) is 12.0 Å². The van der Waals surface area contributed by atoms with Crippen LogP contribution in [0.3, 0.4) is 0 Å². The van der Waals surface area contributed by atoms with Gasteiger partial charge in [-0.2, -0.15) is 18.8 Å². The number of anilines is 1. The van der Waals surface area contributed by atoms with Gasteiger partial charge in [-0.05, 0) is 29.8 Å². The Labute approximate surface area is 202 Å². The highest BCUT2D eigenvalue weighted by molar-refractivity contribution is 6.29. The number of alkyl halides is 2. The van der Waals surface area contributed by atoms with Gasteiger partial charge in [0.05, 0.1) is 31.5 Å². The molecule has 0 aliphatic carbocycles. The van der Waals surface area contributed by atoms with Crippen molar-refractivity contribution in [2.45, 2.75) is 19.0 Å². The summed E-state index contributed by atoms with van der Waals surface area (Å²) in [6.07, 6.45) is 1.96. The second-order valence-corrected chi connectivity index (χ2v) is 7.59. The predicted octanol–water partition coefficient (Wildman–Crippen LogP) is 1.93. The quantitative estimate of drug-likeness (QED) is 0.335. The predicted molar refractivity (Wildman–Crippen MR) is 121 cm³/mol. The lowest BCUT2D eigenvalue weighted by atomic mass is 10.1. The third-order valence-corrected chi connectivity index (χ3v) is 5.19. The molecule has 0 bridgehead atoms. The van der Waals surface area contributed by atoms with Crippen LogP contribution in [-0.2, 0) is 23.8 Å². The number of ether oxygens (including phenoxy) is 1. The summed E-state index contributed by atoms with van der Waals surface area (Å²) in [5.41, 5.74) is -0.897. The minimum atomic E-state index is -3.62. The lowest BCUT2D eigenvalue weighted by Gasteiger charge is -2.17. The second-order valence-electron chi connectivity index (χ2n) is 7.20. The van der Waals surface area contributed by atoms with E-state index >= 15 is 0 Å². The molecular weight excluding hydrogens is 486 g/mol. The van der Waals surface area contributed by atoms with Crippen molar-refractivity contribution in [2.24, 2.45) is 0 Å². The largest absolute Gasteiger partial charge is 0.618 e. The zero-order valence-corrected chi connectivity index (χ0v) is 19.1. The zero-order valence-electron chi connectivity index (χ0n) is 18.3. The summed E-state index contributed by atoms with van der Waals surface area (Å²) in [5.74, 6) is -4.23. The van der Waals surface area contributed by atoms with Crippen LogP contribution in [0, 0.1) is 16.5 Å². The Balaban J connectivity index is 1.71. The number of carbonyl (C=O) groups excluding carboxylic acids is 1. The molecule has 0 fully saturated rings. The van der Waals surface area contributed by atoms with E-state index in [4.69, 9.17) is 16.3 Å². The minimum absolute atomic E-state index is 0.0274. The van der Waals surface area contributed by atoms with E-state index in [0.717, 1.165) is 23.0 Å². The molecule has 0 unspecified atom stereocenters. The average molecular weight is 505 g/mol. The molecule has 2 heterocycles. The van der Waals surface area contributed by atoms with E-state index < -0.39 is 42.0 Å². The third-order valence-electron chi connectivity index (χ3n) is 4.89. The number of methoxy groups -OCH3 is 1. The number of nitrogens with one attached hydrogen (secondary N) is 2. The first-order chi connectivity index (χ1) is 16.7. The van der Waals surface area contributed by atoms with Gasteiger partial charge in [0.2, 0.25) is 5.91 Å². The Bertz CT molecular complexity index is 1340. The fourth-order valence-corrected chi connectivity index (χ4v) is 3.26. The van der Waals surface area contributed by atoms with Gasteiger partial charge in [0.25, 0.3) is 11.3 Å². The normalized spacial score (nSPS) is 10.9. The molecule has 0 atom stereocenters. The van der Waals surface area contributed by atoms with Gasteiger partial charge in [-0.15, -0.1) is 0 Å². The Morgan fingerprint density at radius 1 is 1.37 bits per heavy atom. The van der Waals surface area contributed by atoms with Crippen LogP contribution in [0.2, 0.25) is 5.15 Å². The Morgan fingerprint density at radius 2 is 2.14 bits per heavy atom. The van der Waals surface area contributed by atoms with E-state index in [1.807, 2.05) is 6.07 Å². The van der Waals surface area contributed by atoms with E-state index in [1.54, 1.807) is 18.2 Å². The summed E-state index contributed by atoms with van der Waals surface area (Å²) < 4.78 is 34.9. The number of benzene rings is 1. The summed E-state index contributed by atoms with van der Waals surface area (Å²) in [6, 6.07) is 10.3. The molecule has 3 rings (SSSR count). The molecule has 0 saturated heterocycles. The summed E-state index contributed by atoms with van der Waals surface area (Å²) in [7, 11) is 1.46. The van der Waals surface area contributed by atoms with Crippen LogP contribution in [0.4, 0.5) is 14.6 Å². The van der Waals surface area contributed by atoms with Gasteiger partial charge < -0.3 is 20.6 Å². The number of carbonyl (C=O) groups is 1. The SMILES string of the molecule is COc1ccc(C#N)c(CNC(=O)Cn2c(Cl)cnc(NCC(F)(F)c3cccc[n+]3[O-])c2=O)c1. The van der Waals surface area contributed by atoms with E-state index in [2.05, 4.69) is 15.6 Å². The van der Waals surface area contributed by atoms with Crippen LogP contribution in [-0.4, -0.2) is 29.1 Å². The summed E-state index contributed by atoms with van der Waals surface area (Å²) in [6.45, 7) is -1.65. The third kappa shape index (κ3) is 6.01. The van der Waals surface area contributed by atoms with Crippen molar-refractivity contribution in [1.29, 1.82) is 5.26 Å². The number of rotatable bonds is 9. The van der Waals surface area contributed by atoms with E-state index in [1.165, 1.54) is 19.2 Å². The van der Waals surface area contributed by atoms with Gasteiger partial charge in [-0.25, -0.2) is 4.98 Å². The molecule has 182 valence electrons. The number of halogens is 3. The van der Waals surface area contributed by atoms with Crippen molar-refractivity contribution in [3.8, 4) is 11.8 Å². The molecular formula is C22H19ClF2N6O4. The number of pyridine rings is 1. The Morgan fingerprint density at radius 3 is 2.83 bits per heavy atom. The Kier molecular flexibility index (Phi) is 7.83. The van der Waals surface area contributed by atoms with Crippen molar-refractivity contribution in [3.63, 3.8) is 0 Å². The average Bonchev–Trinajstić information content (AvgIpc) is 2.84. The van der Waals surface area contributed by atoms with E-state index in [-0.39, 0.29) is 16.4 Å². The molecule has 0 aliphatic heterocycles. The highest BCUT2D eigenvalue weighted by Crippen LogP contribution is 2.25. The first-order valence-corrected chi connectivity index (χ1v) is 10.4. The van der Waals surface area contributed by atoms with Crippen LogP contribution in [0.25, 0.3) is 0 Å². The number of hydrogen-bond donors (Lipinski definition) is 2. The molecule has 2 aromatic heterocycles. The Hall–Kier alpha value is -4.24. The molecule has 35 heavy (non-hydrogen) atoms. The molecule has 1 amide bonds. The van der Waals surface area contributed by atoms with Gasteiger partial charge in [0, 0.05) is 18.7 Å². The lowest BCUT2D eigenvalue weighted by molar-refractivity contribution is -0.624. The molecule has 3 aromatic rings. The van der Waals surface area contributed by atoms with Gasteiger partial charge in [0.1, 0.15) is 17.4 Å². The zero-order chi connectivity index (χ0) is 25.6. The maximum Gasteiger partial charge on any atom is 0.347 e. The number of aromatic nitrogens is 3. The van der Waals surface area contributed by atoms with Crippen LogP contribution in [0.15, 0.2) is 53.6 Å². The molecule has 13 heteroatoms. The lowest BCUT2D eigenvalue weighted by Crippen LogP contribution is -2.41. The number of hydrogen-bond acceptors (Lipinski definition) is 7. The molecule has 1 aromatic carbocycles. The minimum Gasteiger partial charge on any atom is -0.618 e. The van der Waals surface area contributed by atoms with Crippen molar-refractivity contribution in [3.05, 3.63) is 86.3 Å². The standard InChI is InChI=1S/C22H19ClF2N6O4/c1-35-16-6-5-14(9-26)15(8-16)10-27-19(32)12-30-18(23)11-28-20(21(30)33)29-13-22(24,25)17-4-2-3-7-31(17)34/h2-8,11H,10,12-13H2,1H3,(H,27,32)(H,28,29). The highest BCUT2D eigenvalue weighted by Gasteiger charge is 2.39. The first-order valence-electron chi connectivity index (χ1n) is 10.1. The van der Waals surface area contributed by atoms with Gasteiger partial charge in [-0.3, -0.25) is 14.2 Å². The molecule has 0 aliphatic rings. The monoisotopic (exact) mass is 504 g/mol. The second kappa shape index (κ2) is 10.8. The fraction of sp³-hybridized carbons (Fsp3) is 0.227. The molecule has 0 saturated carbocycles. The van der Waals surface area contributed by atoms with Crippen LogP contribution in [0.5, 0.6) is 5.75 Å². The number of nitrogens with zero attached hydrogens (tertiary/aromatic N) is 4. The van der Waals surface area contributed by atoms with Crippen molar-refractivity contribution >= 4 is 23.3 Å². The highest BCUT2D eigenvalue weighted by atomic mass is 35.5. The molecule has 10 nitrogen and oxygen atoms in total. The number of nitriles is 1. The summed E-state index contributed by atoms with van der Waals surface area (Å²) in [4.78, 5) is 28.9. The van der Waals surface area contributed by atoms with Gasteiger partial charge >= 0.3 is 5.92 Å². The molecule has 0 spiro atoms. The molecule has 2 N–H and O–H groups in total.